The second-order valence-corrected chi connectivity index (χ2v) is 5.37. The normalized spacial score (nSPS) is 21.5. The minimum absolute atomic E-state index is 0.790. The van der Waals surface area contributed by atoms with Gasteiger partial charge in [0.2, 0.25) is 0 Å². The summed E-state index contributed by atoms with van der Waals surface area (Å²) in [5.74, 6) is 1.44. The van der Waals surface area contributed by atoms with Crippen molar-refractivity contribution in [1.82, 2.24) is 0 Å². The second-order valence-electron chi connectivity index (χ2n) is 2.86. The van der Waals surface area contributed by atoms with E-state index in [1.54, 1.807) is 0 Å². The molecule has 0 aromatic heterocycles. The predicted octanol–water partition coefficient (Wildman–Crippen LogP) is -2.73. The van der Waals surface area contributed by atoms with Gasteiger partial charge in [0.05, 0.1) is 0 Å². The summed E-state index contributed by atoms with van der Waals surface area (Å²) < 4.78 is -2.27. The van der Waals surface area contributed by atoms with Gasteiger partial charge in [-0.25, -0.2) is 0 Å². The number of hydrogen-bond donors (Lipinski definition) is 5. The number of hydrogen-bond acceptors (Lipinski definition) is 6. The zero-order valence-electron chi connectivity index (χ0n) is 7.87. The maximum atomic E-state index is 10.9. The van der Waals surface area contributed by atoms with Gasteiger partial charge in [0.25, 0.3) is 0 Å². The molecule has 15 heavy (non-hydrogen) atoms. The van der Waals surface area contributed by atoms with Crippen LogP contribution in [-0.4, -0.2) is 75.2 Å². The van der Waals surface area contributed by atoms with Crippen LogP contribution in [0.2, 0.25) is 5.82 Å². The van der Waals surface area contributed by atoms with E-state index in [2.05, 4.69) is 0 Å². The van der Waals surface area contributed by atoms with Crippen LogP contribution >= 0.6 is 11.6 Å². The molecule has 0 heterocycles. The number of halogens is 1. The summed E-state index contributed by atoms with van der Waals surface area (Å²) in [6, 6.07) is 0. The molecular formula is C7H13ClO6Se. The fourth-order valence-corrected chi connectivity index (χ4v) is 2.52. The van der Waals surface area contributed by atoms with E-state index in [1.165, 1.54) is 5.82 Å². The number of carbonyl (C=O) groups is 1. The number of rotatable bonds is 6. The summed E-state index contributed by atoms with van der Waals surface area (Å²) in [6.45, 7) is -0.804. The SMILES string of the molecule is C[Se][C@](O)(C(=O)Cl)[C@@H](O)[C@H](O)[C@H](O)CO. The Kier molecular flexibility index (Phi) is 6.24. The van der Waals surface area contributed by atoms with Gasteiger partial charge in [-0.3, -0.25) is 0 Å². The molecule has 0 radical (unpaired) electrons. The third-order valence-corrected chi connectivity index (χ3v) is 4.64. The molecular weight excluding hydrogens is 294 g/mol. The monoisotopic (exact) mass is 308 g/mol. The number of aliphatic hydroxyl groups is 5. The van der Waals surface area contributed by atoms with Crippen LogP contribution in [0.1, 0.15) is 0 Å². The summed E-state index contributed by atoms with van der Waals surface area (Å²) in [5, 5.41) is 44.7. The van der Waals surface area contributed by atoms with E-state index in [0.717, 1.165) is 0 Å². The van der Waals surface area contributed by atoms with E-state index in [0.29, 0.717) is 0 Å². The first kappa shape index (κ1) is 15.3. The van der Waals surface area contributed by atoms with Crippen molar-refractivity contribution in [3.8, 4) is 0 Å². The molecule has 0 aliphatic carbocycles. The Morgan fingerprint density at radius 1 is 1.47 bits per heavy atom. The zero-order chi connectivity index (χ0) is 12.2. The van der Waals surface area contributed by atoms with Crippen molar-refractivity contribution in [2.75, 3.05) is 6.61 Å². The standard InChI is InChI=1S/C7H13ClO6Se/c1-15-7(14,6(8)13)5(12)4(11)3(10)2-9/h3-5,9-12,14H,2H2,1H3/t3-,4-,5+,7+/m1/s1. The van der Waals surface area contributed by atoms with Crippen molar-refractivity contribution >= 4 is 31.8 Å². The molecule has 0 aliphatic rings. The Morgan fingerprint density at radius 3 is 2.20 bits per heavy atom. The van der Waals surface area contributed by atoms with Crippen LogP contribution in [0.15, 0.2) is 0 Å². The average molecular weight is 308 g/mol. The fraction of sp³-hybridized carbons (Fsp3) is 0.857. The van der Waals surface area contributed by atoms with Crippen molar-refractivity contribution in [3.05, 3.63) is 0 Å². The van der Waals surface area contributed by atoms with Gasteiger partial charge in [0, 0.05) is 0 Å². The van der Waals surface area contributed by atoms with Crippen LogP contribution in [-0.2, 0) is 4.79 Å². The molecule has 5 N–H and O–H groups in total. The molecule has 0 rings (SSSR count). The minimum atomic E-state index is -2.27. The van der Waals surface area contributed by atoms with Crippen LogP contribution in [0.3, 0.4) is 0 Å². The zero-order valence-corrected chi connectivity index (χ0v) is 10.3. The average Bonchev–Trinajstić information content (AvgIpc) is 2.24. The van der Waals surface area contributed by atoms with Crippen LogP contribution in [0, 0.1) is 0 Å². The summed E-state index contributed by atoms with van der Waals surface area (Å²) in [4.78, 5) is 10.9. The Morgan fingerprint density at radius 2 is 1.93 bits per heavy atom. The summed E-state index contributed by atoms with van der Waals surface area (Å²) in [6.07, 6.45) is -5.43. The summed E-state index contributed by atoms with van der Waals surface area (Å²) >= 11 is 4.29. The van der Waals surface area contributed by atoms with Gasteiger partial charge in [0.1, 0.15) is 0 Å². The van der Waals surface area contributed by atoms with Gasteiger partial charge in [-0.2, -0.15) is 0 Å². The van der Waals surface area contributed by atoms with E-state index in [1.807, 2.05) is 0 Å². The number of carbonyl (C=O) groups excluding carboxylic acids is 1. The first-order valence-corrected chi connectivity index (χ1v) is 6.88. The molecule has 6 nitrogen and oxygen atoms in total. The molecule has 0 aromatic rings. The van der Waals surface area contributed by atoms with Gasteiger partial charge < -0.3 is 0 Å². The summed E-state index contributed by atoms with van der Waals surface area (Å²) in [7, 11) is 0. The fourth-order valence-electron chi connectivity index (χ4n) is 0.867. The summed E-state index contributed by atoms with van der Waals surface area (Å²) in [5.41, 5.74) is 0. The Labute approximate surface area is 97.6 Å². The Hall–Kier alpha value is 0.279. The van der Waals surface area contributed by atoms with Gasteiger partial charge in [0.15, 0.2) is 0 Å². The van der Waals surface area contributed by atoms with Crippen LogP contribution in [0.25, 0.3) is 0 Å². The molecule has 8 heteroatoms. The van der Waals surface area contributed by atoms with Gasteiger partial charge >= 0.3 is 97.4 Å². The second kappa shape index (κ2) is 6.12. The molecule has 0 spiro atoms. The van der Waals surface area contributed by atoms with E-state index in [4.69, 9.17) is 21.8 Å². The molecule has 4 atom stereocenters. The van der Waals surface area contributed by atoms with E-state index < -0.39 is 49.6 Å². The van der Waals surface area contributed by atoms with Crippen LogP contribution < -0.4 is 0 Å². The molecule has 0 aromatic carbocycles. The molecule has 90 valence electrons. The topological polar surface area (TPSA) is 118 Å². The Balaban J connectivity index is 4.79. The van der Waals surface area contributed by atoms with E-state index in [-0.39, 0.29) is 0 Å². The molecule has 0 saturated carbocycles. The van der Waals surface area contributed by atoms with Crippen LogP contribution in [0.5, 0.6) is 0 Å². The molecule has 0 aliphatic heterocycles. The molecule has 0 unspecified atom stereocenters. The van der Waals surface area contributed by atoms with E-state index >= 15 is 0 Å². The van der Waals surface area contributed by atoms with Crippen molar-refractivity contribution in [2.45, 2.75) is 28.6 Å². The van der Waals surface area contributed by atoms with Gasteiger partial charge in [-0.15, -0.1) is 0 Å². The molecule has 0 fully saturated rings. The quantitative estimate of drug-likeness (QED) is 0.268. The van der Waals surface area contributed by atoms with E-state index in [9.17, 15) is 20.1 Å². The van der Waals surface area contributed by atoms with Gasteiger partial charge in [-0.05, 0) is 0 Å². The molecule has 0 saturated heterocycles. The maximum absolute atomic E-state index is 10.9. The molecule has 0 bridgehead atoms. The van der Waals surface area contributed by atoms with Crippen molar-refractivity contribution in [3.63, 3.8) is 0 Å². The van der Waals surface area contributed by atoms with Crippen LogP contribution in [0.4, 0.5) is 0 Å². The van der Waals surface area contributed by atoms with Crippen molar-refractivity contribution < 1.29 is 30.3 Å². The molecule has 0 amide bonds. The third-order valence-electron chi connectivity index (χ3n) is 1.90. The predicted molar refractivity (Wildman–Crippen MR) is 52.5 cm³/mol. The van der Waals surface area contributed by atoms with Crippen molar-refractivity contribution in [2.24, 2.45) is 0 Å². The number of aliphatic hydroxyl groups excluding tert-OH is 4. The third kappa shape index (κ3) is 3.37. The Bertz CT molecular complexity index is 228. The first-order valence-electron chi connectivity index (χ1n) is 3.93. The van der Waals surface area contributed by atoms with Gasteiger partial charge in [-0.1, -0.05) is 0 Å². The van der Waals surface area contributed by atoms with Crippen molar-refractivity contribution in [1.29, 1.82) is 0 Å². The first-order chi connectivity index (χ1) is 6.81.